The summed E-state index contributed by atoms with van der Waals surface area (Å²) in [4.78, 5) is 24.0. The Hall–Kier alpha value is -1.23. The van der Waals surface area contributed by atoms with Crippen molar-refractivity contribution in [2.45, 2.75) is 12.8 Å². The normalized spacial score (nSPS) is 23.5. The van der Waals surface area contributed by atoms with Crippen LogP contribution in [-0.4, -0.2) is 16.9 Å². The van der Waals surface area contributed by atoms with Gasteiger partial charge in [-0.1, -0.05) is 18.2 Å². The average Bonchev–Trinajstić information content (AvgIpc) is 2.99. The molecule has 1 N–H and O–H groups in total. The van der Waals surface area contributed by atoms with Crippen LogP contribution in [0.5, 0.6) is 0 Å². The smallest absolute Gasteiger partial charge is 0.307 e. The molecule has 0 fully saturated rings. The molecule has 0 spiro atoms. The summed E-state index contributed by atoms with van der Waals surface area (Å²) in [5.74, 6) is -1.39. The third-order valence-electron chi connectivity index (χ3n) is 3.76. The molecule has 2 aliphatic rings. The molecule has 0 radical (unpaired) electrons. The molecule has 3 nitrogen and oxygen atoms in total. The summed E-state index contributed by atoms with van der Waals surface area (Å²) in [5.41, 5.74) is 2.42. The van der Waals surface area contributed by atoms with Crippen molar-refractivity contribution < 1.29 is 14.7 Å². The Balaban J connectivity index is 1.88. The van der Waals surface area contributed by atoms with Crippen LogP contribution in [0.15, 0.2) is 40.7 Å². The molecule has 1 atom stereocenters. The first kappa shape index (κ1) is 14.7. The number of carbonyl (C=O) groups is 2. The van der Waals surface area contributed by atoms with Crippen LogP contribution in [0.2, 0.25) is 0 Å². The van der Waals surface area contributed by atoms with Gasteiger partial charge in [0.15, 0.2) is 5.78 Å². The molecule has 0 aromatic heterocycles. The summed E-state index contributed by atoms with van der Waals surface area (Å²) in [6.45, 7) is 0. The van der Waals surface area contributed by atoms with Gasteiger partial charge in [0.2, 0.25) is 0 Å². The van der Waals surface area contributed by atoms with E-state index in [0.717, 1.165) is 11.1 Å². The van der Waals surface area contributed by atoms with Crippen molar-refractivity contribution in [3.8, 4) is 0 Å². The highest BCUT2D eigenvalue weighted by atomic mass is 36.0. The molecular weight excluding hydrogens is 331 g/mol. The summed E-state index contributed by atoms with van der Waals surface area (Å²) in [6, 6.07) is 5.31. The number of halogens is 2. The van der Waals surface area contributed by atoms with Gasteiger partial charge in [-0.15, -0.1) is 0 Å². The van der Waals surface area contributed by atoms with E-state index in [1.54, 1.807) is 29.7 Å². The number of allylic oxidation sites excluding steroid dienone is 3. The Bertz CT molecular complexity index is 707. The van der Waals surface area contributed by atoms with Crippen LogP contribution in [0.1, 0.15) is 21.5 Å². The quantitative estimate of drug-likeness (QED) is 0.837. The first-order valence-corrected chi connectivity index (χ1v) is 9.73. The van der Waals surface area contributed by atoms with E-state index in [1.807, 2.05) is 6.07 Å². The Labute approximate surface area is 132 Å². The first-order valence-electron chi connectivity index (χ1n) is 6.39. The minimum atomic E-state index is -2.19. The fourth-order valence-electron chi connectivity index (χ4n) is 2.66. The largest absolute Gasteiger partial charge is 0.481 e. The number of carboxylic acids is 1. The van der Waals surface area contributed by atoms with Crippen molar-refractivity contribution in [2.24, 2.45) is 5.92 Å². The van der Waals surface area contributed by atoms with Crippen molar-refractivity contribution >= 4 is 41.6 Å². The number of rotatable bonds is 3. The molecule has 0 amide bonds. The van der Waals surface area contributed by atoms with Crippen LogP contribution in [0.25, 0.3) is 0 Å². The fourth-order valence-corrected chi connectivity index (χ4v) is 4.80. The van der Waals surface area contributed by atoms with E-state index in [-0.39, 0.29) is 5.78 Å². The number of carboxylic acid groups (broad SMARTS) is 1. The van der Waals surface area contributed by atoms with Gasteiger partial charge >= 0.3 is 5.97 Å². The second-order valence-electron chi connectivity index (χ2n) is 5.12. The molecule has 1 aromatic rings. The summed E-state index contributed by atoms with van der Waals surface area (Å²) in [7, 11) is 10.1. The van der Waals surface area contributed by atoms with Crippen molar-refractivity contribution in [3.63, 3.8) is 0 Å². The predicted molar refractivity (Wildman–Crippen MR) is 85.8 cm³/mol. The van der Waals surface area contributed by atoms with Crippen LogP contribution in [0.4, 0.5) is 0 Å². The molecule has 1 aromatic carbocycles. The van der Waals surface area contributed by atoms with E-state index in [1.165, 1.54) is 0 Å². The SMILES string of the molecule is O=C(C1=CC=CS1(Cl)Cl)c1ccc2c(c1)CC(C(=O)O)C2. The zero-order chi connectivity index (χ0) is 15.2. The average molecular weight is 343 g/mol. The van der Waals surface area contributed by atoms with Crippen molar-refractivity contribution in [1.29, 1.82) is 0 Å². The zero-order valence-electron chi connectivity index (χ0n) is 10.9. The molecule has 21 heavy (non-hydrogen) atoms. The Kier molecular flexibility index (Phi) is 3.64. The number of benzene rings is 1. The number of hydrogen-bond acceptors (Lipinski definition) is 2. The molecule has 1 heterocycles. The summed E-state index contributed by atoms with van der Waals surface area (Å²) >= 11 is 0. The molecule has 0 saturated carbocycles. The number of hydrogen-bond donors (Lipinski definition) is 1. The van der Waals surface area contributed by atoms with Gasteiger partial charge in [-0.2, -0.15) is 0 Å². The second-order valence-corrected chi connectivity index (χ2v) is 10.2. The lowest BCUT2D eigenvalue weighted by atomic mass is 10.0. The third-order valence-corrected chi connectivity index (χ3v) is 6.79. The van der Waals surface area contributed by atoms with Gasteiger partial charge in [0.05, 0.1) is 10.8 Å². The van der Waals surface area contributed by atoms with Crippen LogP contribution in [0, 0.1) is 5.92 Å². The van der Waals surface area contributed by atoms with E-state index in [0.29, 0.717) is 23.3 Å². The van der Waals surface area contributed by atoms with Gasteiger partial charge in [0.1, 0.15) is 0 Å². The highest BCUT2D eigenvalue weighted by Gasteiger charge is 2.32. The van der Waals surface area contributed by atoms with Crippen LogP contribution in [0.3, 0.4) is 0 Å². The summed E-state index contributed by atoms with van der Waals surface area (Å²) in [6.07, 6.45) is 4.31. The van der Waals surface area contributed by atoms with Crippen LogP contribution < -0.4 is 0 Å². The Morgan fingerprint density at radius 2 is 1.90 bits per heavy atom. The lowest BCUT2D eigenvalue weighted by molar-refractivity contribution is -0.141. The van der Waals surface area contributed by atoms with E-state index >= 15 is 0 Å². The lowest BCUT2D eigenvalue weighted by Crippen LogP contribution is -2.12. The topological polar surface area (TPSA) is 54.4 Å². The van der Waals surface area contributed by atoms with Gasteiger partial charge in [-0.05, 0) is 71.3 Å². The number of carbonyl (C=O) groups excluding carboxylic acids is 1. The van der Waals surface area contributed by atoms with Gasteiger partial charge < -0.3 is 5.11 Å². The standard InChI is InChI=1S/C15H12Cl2O3S/c16-21(17)5-1-2-13(21)14(18)10-4-3-9-6-12(15(19)20)8-11(9)7-10/h1-5,7,12H,6,8H2,(H,19,20). The zero-order valence-corrected chi connectivity index (χ0v) is 13.2. The maximum Gasteiger partial charge on any atom is 0.307 e. The van der Waals surface area contributed by atoms with E-state index in [2.05, 4.69) is 0 Å². The molecule has 1 aliphatic carbocycles. The van der Waals surface area contributed by atoms with E-state index in [4.69, 9.17) is 26.5 Å². The van der Waals surface area contributed by atoms with Crippen LogP contribution >= 0.6 is 29.8 Å². The fraction of sp³-hybridized carbons (Fsp3) is 0.200. The maximum atomic E-state index is 12.5. The number of fused-ring (bicyclic) bond motifs is 1. The van der Waals surface area contributed by atoms with Gasteiger partial charge in [0.25, 0.3) is 0 Å². The molecule has 0 saturated heterocycles. The first-order chi connectivity index (χ1) is 9.88. The molecular formula is C15H12Cl2O3S. The minimum absolute atomic E-state index is 0.193. The summed E-state index contributed by atoms with van der Waals surface area (Å²) < 4.78 is 0. The van der Waals surface area contributed by atoms with Gasteiger partial charge in [0, 0.05) is 5.56 Å². The second kappa shape index (κ2) is 5.20. The van der Waals surface area contributed by atoms with Crippen molar-refractivity contribution in [2.75, 3.05) is 0 Å². The lowest BCUT2D eigenvalue weighted by Gasteiger charge is -2.19. The molecule has 6 heteroatoms. The Morgan fingerprint density at radius 3 is 2.52 bits per heavy atom. The maximum absolute atomic E-state index is 12.5. The van der Waals surface area contributed by atoms with Crippen molar-refractivity contribution in [3.05, 3.63) is 57.4 Å². The monoisotopic (exact) mass is 342 g/mol. The third kappa shape index (κ3) is 2.63. The van der Waals surface area contributed by atoms with Crippen LogP contribution in [-0.2, 0) is 17.6 Å². The van der Waals surface area contributed by atoms with Gasteiger partial charge in [-0.25, -0.2) is 0 Å². The predicted octanol–water partition coefficient (Wildman–Crippen LogP) is 4.19. The number of aliphatic carboxylic acids is 1. The number of Topliss-reactive ketones (excluding diaryl/α,β-unsaturated/α-hetero) is 1. The summed E-state index contributed by atoms with van der Waals surface area (Å²) in [5, 5.41) is 10.7. The number of ketones is 1. The Morgan fingerprint density at radius 1 is 1.19 bits per heavy atom. The molecule has 1 aliphatic heterocycles. The highest BCUT2D eigenvalue weighted by Crippen LogP contribution is 2.68. The van der Waals surface area contributed by atoms with E-state index < -0.39 is 20.3 Å². The molecule has 110 valence electrons. The molecule has 1 unspecified atom stereocenters. The molecule has 3 rings (SSSR count). The van der Waals surface area contributed by atoms with Gasteiger partial charge in [-0.3, -0.25) is 9.59 Å². The molecule has 0 bridgehead atoms. The minimum Gasteiger partial charge on any atom is -0.481 e. The highest BCUT2D eigenvalue weighted by molar-refractivity contribution is 8.70. The van der Waals surface area contributed by atoms with E-state index in [9.17, 15) is 9.59 Å². The van der Waals surface area contributed by atoms with Crippen molar-refractivity contribution in [1.82, 2.24) is 0 Å².